The highest BCUT2D eigenvalue weighted by Gasteiger charge is 2.02. The first-order chi connectivity index (χ1) is 7.75. The van der Waals surface area contributed by atoms with Gasteiger partial charge in [0.25, 0.3) is 0 Å². The Balaban J connectivity index is 2.00. The Morgan fingerprint density at radius 3 is 2.56 bits per heavy atom. The lowest BCUT2D eigenvalue weighted by atomic mass is 10.3. The van der Waals surface area contributed by atoms with Gasteiger partial charge in [-0.05, 0) is 44.0 Å². The van der Waals surface area contributed by atoms with Gasteiger partial charge in [-0.3, -0.25) is 5.43 Å². The van der Waals surface area contributed by atoms with E-state index in [1.807, 2.05) is 36.4 Å². The minimum atomic E-state index is 0.661. The van der Waals surface area contributed by atoms with Crippen molar-refractivity contribution in [2.45, 2.75) is 0 Å². The molecule has 1 heterocycles. The van der Waals surface area contributed by atoms with Crippen LogP contribution in [0.15, 0.2) is 55.1 Å². The molecule has 1 aromatic heterocycles. The summed E-state index contributed by atoms with van der Waals surface area (Å²) in [6.45, 7) is 0. The van der Waals surface area contributed by atoms with Crippen LogP contribution in [0, 0.1) is 0 Å². The topological polar surface area (TPSA) is 37.5 Å². The van der Waals surface area contributed by atoms with Gasteiger partial charge < -0.3 is 4.42 Å². The smallest absolute Gasteiger partial charge is 0.184 e. The first-order valence-corrected chi connectivity index (χ1v) is 6.13. The standard InChI is InChI=1S/C11H8Br2N2O/c12-10-6-9(16-11(10)13)7-14-15-8-4-2-1-3-5-8/h1-7,15H/b14-7-. The summed E-state index contributed by atoms with van der Waals surface area (Å²) >= 11 is 6.59. The zero-order valence-corrected chi connectivity index (χ0v) is 11.3. The van der Waals surface area contributed by atoms with Crippen molar-refractivity contribution < 1.29 is 4.42 Å². The number of nitrogens with zero attached hydrogens (tertiary/aromatic N) is 1. The lowest BCUT2D eigenvalue weighted by molar-refractivity contribution is 0.533. The van der Waals surface area contributed by atoms with Crippen LogP contribution in [0.4, 0.5) is 5.69 Å². The molecule has 0 aliphatic rings. The van der Waals surface area contributed by atoms with Crippen LogP contribution in [0.25, 0.3) is 0 Å². The van der Waals surface area contributed by atoms with Crippen LogP contribution in [-0.2, 0) is 0 Å². The van der Waals surface area contributed by atoms with E-state index in [0.717, 1.165) is 10.2 Å². The second kappa shape index (κ2) is 5.32. The first-order valence-electron chi connectivity index (χ1n) is 4.54. The van der Waals surface area contributed by atoms with Crippen molar-refractivity contribution in [3.05, 3.63) is 51.3 Å². The van der Waals surface area contributed by atoms with Gasteiger partial charge in [0, 0.05) is 6.07 Å². The molecule has 0 spiro atoms. The number of nitrogens with one attached hydrogen (secondary N) is 1. The Labute approximate surface area is 110 Å². The van der Waals surface area contributed by atoms with E-state index in [1.54, 1.807) is 6.21 Å². The average molecular weight is 344 g/mol. The SMILES string of the molecule is Brc1cc(/C=N\Nc2ccccc2)oc1Br. The molecule has 0 bridgehead atoms. The van der Waals surface area contributed by atoms with Crippen molar-refractivity contribution in [1.29, 1.82) is 0 Å². The van der Waals surface area contributed by atoms with Gasteiger partial charge in [0.05, 0.1) is 16.4 Å². The molecule has 2 rings (SSSR count). The van der Waals surface area contributed by atoms with Crippen LogP contribution in [0.1, 0.15) is 5.76 Å². The highest BCUT2D eigenvalue weighted by Crippen LogP contribution is 2.25. The summed E-state index contributed by atoms with van der Waals surface area (Å²) in [4.78, 5) is 0. The Morgan fingerprint density at radius 1 is 1.19 bits per heavy atom. The van der Waals surface area contributed by atoms with E-state index in [1.165, 1.54) is 0 Å². The first kappa shape index (κ1) is 11.4. The maximum atomic E-state index is 5.33. The van der Waals surface area contributed by atoms with E-state index < -0.39 is 0 Å². The van der Waals surface area contributed by atoms with E-state index in [4.69, 9.17) is 4.42 Å². The van der Waals surface area contributed by atoms with Crippen molar-refractivity contribution in [2.75, 3.05) is 5.43 Å². The summed E-state index contributed by atoms with van der Waals surface area (Å²) in [5.74, 6) is 0.669. The molecule has 0 unspecified atom stereocenters. The van der Waals surface area contributed by atoms with Crippen molar-refractivity contribution in [1.82, 2.24) is 0 Å². The predicted octanol–water partition coefficient (Wildman–Crippen LogP) is 4.25. The molecule has 0 saturated carbocycles. The van der Waals surface area contributed by atoms with Gasteiger partial charge >= 0.3 is 0 Å². The molecule has 5 heteroatoms. The number of benzene rings is 1. The van der Waals surface area contributed by atoms with E-state index in [-0.39, 0.29) is 0 Å². The maximum Gasteiger partial charge on any atom is 0.184 e. The number of hydrogen-bond donors (Lipinski definition) is 1. The van der Waals surface area contributed by atoms with Crippen molar-refractivity contribution in [3.63, 3.8) is 0 Å². The van der Waals surface area contributed by atoms with Gasteiger partial charge in [0.15, 0.2) is 4.67 Å². The minimum Gasteiger partial charge on any atom is -0.447 e. The fourth-order valence-electron chi connectivity index (χ4n) is 1.11. The summed E-state index contributed by atoms with van der Waals surface area (Å²) in [5, 5.41) is 4.06. The molecular formula is C11H8Br2N2O. The molecule has 0 fully saturated rings. The summed E-state index contributed by atoms with van der Waals surface area (Å²) < 4.78 is 6.86. The zero-order chi connectivity index (χ0) is 11.4. The van der Waals surface area contributed by atoms with Gasteiger partial charge in [-0.25, -0.2) is 0 Å². The molecule has 0 aliphatic carbocycles. The molecule has 1 aromatic carbocycles. The van der Waals surface area contributed by atoms with Crippen LogP contribution < -0.4 is 5.43 Å². The number of hydrogen-bond acceptors (Lipinski definition) is 3. The van der Waals surface area contributed by atoms with Crippen molar-refractivity contribution >= 4 is 43.8 Å². The Bertz CT molecular complexity index is 474. The molecule has 0 amide bonds. The summed E-state index contributed by atoms with van der Waals surface area (Å²) in [7, 11) is 0. The van der Waals surface area contributed by atoms with Crippen LogP contribution >= 0.6 is 31.9 Å². The number of anilines is 1. The summed E-state index contributed by atoms with van der Waals surface area (Å²) in [6.07, 6.45) is 1.61. The Kier molecular flexibility index (Phi) is 3.79. The lowest BCUT2D eigenvalue weighted by Gasteiger charge is -1.96. The fourth-order valence-corrected chi connectivity index (χ4v) is 1.72. The van der Waals surface area contributed by atoms with Crippen molar-refractivity contribution in [3.8, 4) is 0 Å². The Hall–Kier alpha value is -1.07. The highest BCUT2D eigenvalue weighted by atomic mass is 79.9. The maximum absolute atomic E-state index is 5.33. The van der Waals surface area contributed by atoms with Crippen LogP contribution in [0.5, 0.6) is 0 Å². The fraction of sp³-hybridized carbons (Fsp3) is 0. The summed E-state index contributed by atoms with van der Waals surface area (Å²) in [6, 6.07) is 11.5. The molecule has 2 aromatic rings. The number of halogens is 2. The van der Waals surface area contributed by atoms with Gasteiger partial charge in [0.1, 0.15) is 5.76 Å². The van der Waals surface area contributed by atoms with Crippen LogP contribution in [0.3, 0.4) is 0 Å². The number of furan rings is 1. The van der Waals surface area contributed by atoms with Gasteiger partial charge in [-0.15, -0.1) is 0 Å². The van der Waals surface area contributed by atoms with E-state index in [9.17, 15) is 0 Å². The second-order valence-electron chi connectivity index (χ2n) is 3.01. The normalized spacial score (nSPS) is 10.9. The molecule has 3 nitrogen and oxygen atoms in total. The highest BCUT2D eigenvalue weighted by molar-refractivity contribution is 9.13. The van der Waals surface area contributed by atoms with Gasteiger partial charge in [-0.1, -0.05) is 18.2 Å². The molecule has 1 N–H and O–H groups in total. The van der Waals surface area contributed by atoms with E-state index in [0.29, 0.717) is 10.4 Å². The monoisotopic (exact) mass is 342 g/mol. The molecular weight excluding hydrogens is 336 g/mol. The van der Waals surface area contributed by atoms with E-state index in [2.05, 4.69) is 42.4 Å². The largest absolute Gasteiger partial charge is 0.447 e. The van der Waals surface area contributed by atoms with Gasteiger partial charge in [-0.2, -0.15) is 5.10 Å². The van der Waals surface area contributed by atoms with E-state index >= 15 is 0 Å². The molecule has 0 saturated heterocycles. The van der Waals surface area contributed by atoms with Crippen LogP contribution in [-0.4, -0.2) is 6.21 Å². The molecule has 82 valence electrons. The number of hydrazone groups is 1. The molecule has 0 atom stereocenters. The quantitative estimate of drug-likeness (QED) is 0.668. The second-order valence-corrected chi connectivity index (χ2v) is 4.58. The number of rotatable bonds is 3. The molecule has 16 heavy (non-hydrogen) atoms. The third-order valence-corrected chi connectivity index (χ3v) is 3.53. The molecule has 0 radical (unpaired) electrons. The molecule has 0 aliphatic heterocycles. The predicted molar refractivity (Wildman–Crippen MR) is 71.8 cm³/mol. The van der Waals surface area contributed by atoms with Gasteiger partial charge in [0.2, 0.25) is 0 Å². The van der Waals surface area contributed by atoms with Crippen LogP contribution in [0.2, 0.25) is 0 Å². The summed E-state index contributed by atoms with van der Waals surface area (Å²) in [5.41, 5.74) is 3.83. The zero-order valence-electron chi connectivity index (χ0n) is 8.15. The lowest BCUT2D eigenvalue weighted by Crippen LogP contribution is -1.88. The minimum absolute atomic E-state index is 0.661. The van der Waals surface area contributed by atoms with Crippen molar-refractivity contribution in [2.24, 2.45) is 5.10 Å². The third-order valence-electron chi connectivity index (χ3n) is 1.82. The number of para-hydroxylation sites is 1. The third kappa shape index (κ3) is 2.96. The Morgan fingerprint density at radius 2 is 1.94 bits per heavy atom. The average Bonchev–Trinajstić information content (AvgIpc) is 2.60.